The summed E-state index contributed by atoms with van der Waals surface area (Å²) < 4.78 is 21.5. The first-order chi connectivity index (χ1) is 6.52. The fourth-order valence-electron chi connectivity index (χ4n) is 1.04. The summed E-state index contributed by atoms with van der Waals surface area (Å²) >= 11 is 0. The van der Waals surface area contributed by atoms with Crippen LogP contribution in [0.3, 0.4) is 0 Å². The molecule has 2 atom stereocenters. The number of rotatable bonds is 3. The van der Waals surface area contributed by atoms with E-state index in [1.165, 1.54) is 0 Å². The summed E-state index contributed by atoms with van der Waals surface area (Å²) in [4.78, 5) is 8.21. The summed E-state index contributed by atoms with van der Waals surface area (Å²) in [7, 11) is -2.41. The van der Waals surface area contributed by atoms with Crippen molar-refractivity contribution in [1.82, 2.24) is 9.97 Å². The van der Waals surface area contributed by atoms with E-state index in [0.717, 1.165) is 5.56 Å². The molecule has 1 aromatic heterocycles. The van der Waals surface area contributed by atoms with Crippen LogP contribution in [-0.4, -0.2) is 23.6 Å². The summed E-state index contributed by atoms with van der Waals surface area (Å²) in [5.41, 5.74) is 0.972. The number of aromatic nitrogens is 2. The zero-order valence-electron chi connectivity index (χ0n) is 8.47. The van der Waals surface area contributed by atoms with Gasteiger partial charge in [0.25, 0.3) is 0 Å². The quantitative estimate of drug-likeness (QED) is 0.759. The van der Waals surface area contributed by atoms with Gasteiger partial charge in [-0.05, 0) is 19.4 Å². The van der Waals surface area contributed by atoms with Crippen molar-refractivity contribution in [2.45, 2.75) is 31.9 Å². The van der Waals surface area contributed by atoms with Gasteiger partial charge in [0.15, 0.2) is 0 Å². The Labute approximate surface area is 85.4 Å². The Kier molecular flexibility index (Phi) is 3.57. The van der Waals surface area contributed by atoms with Crippen molar-refractivity contribution in [3.05, 3.63) is 23.8 Å². The number of hydrogen-bond acceptors (Lipinski definition) is 4. The van der Waals surface area contributed by atoms with Gasteiger partial charge >= 0.3 is 0 Å². The minimum absolute atomic E-state index is 0.156. The Hall–Kier alpha value is -0.970. The van der Waals surface area contributed by atoms with Gasteiger partial charge in [0.2, 0.25) is 0 Å². The molecule has 0 bridgehead atoms. The molecule has 5 heteroatoms. The monoisotopic (exact) mass is 214 g/mol. The fourth-order valence-corrected chi connectivity index (χ4v) is 1.53. The van der Waals surface area contributed by atoms with Crippen LogP contribution in [0, 0.1) is 6.92 Å². The maximum atomic E-state index is 10.8. The molecule has 1 rings (SSSR count). The van der Waals surface area contributed by atoms with Gasteiger partial charge in [0.1, 0.15) is 16.5 Å². The summed E-state index contributed by atoms with van der Waals surface area (Å²) in [5.74, 6) is 0.430. The molecule has 0 aliphatic rings. The lowest BCUT2D eigenvalue weighted by atomic mass is 10.1. The average Bonchev–Trinajstić information content (AvgIpc) is 2.16. The summed E-state index contributed by atoms with van der Waals surface area (Å²) in [6.45, 7) is 5.38. The minimum Gasteiger partial charge on any atom is -0.241 e. The molecule has 0 aliphatic heterocycles. The Morgan fingerprint density at radius 3 is 2.14 bits per heavy atom. The first kappa shape index (κ1) is 11.1. The van der Waals surface area contributed by atoms with Gasteiger partial charge in [-0.1, -0.05) is 6.92 Å². The third kappa shape index (κ3) is 2.51. The third-order valence-electron chi connectivity index (χ3n) is 2.26. The van der Waals surface area contributed by atoms with Crippen molar-refractivity contribution >= 4 is 10.7 Å². The van der Waals surface area contributed by atoms with E-state index >= 15 is 0 Å². The van der Waals surface area contributed by atoms with Crippen molar-refractivity contribution in [1.29, 1.82) is 0 Å². The Bertz CT molecular complexity index is 365. The van der Waals surface area contributed by atoms with Gasteiger partial charge < -0.3 is 0 Å². The van der Waals surface area contributed by atoms with E-state index in [1.54, 1.807) is 19.3 Å². The van der Waals surface area contributed by atoms with E-state index in [0.29, 0.717) is 5.82 Å². The zero-order valence-corrected chi connectivity index (χ0v) is 9.36. The highest BCUT2D eigenvalue weighted by molar-refractivity contribution is 7.73. The molecule has 4 nitrogen and oxygen atoms in total. The highest BCUT2D eigenvalue weighted by Gasteiger charge is 2.18. The van der Waals surface area contributed by atoms with Crippen LogP contribution in [0.5, 0.6) is 0 Å². The predicted octanol–water partition coefficient (Wildman–Crippen LogP) is 0.888. The van der Waals surface area contributed by atoms with Gasteiger partial charge in [-0.2, -0.15) is 0 Å². The van der Waals surface area contributed by atoms with Gasteiger partial charge in [-0.25, -0.2) is 18.4 Å². The lowest BCUT2D eigenvalue weighted by molar-refractivity contribution is 0.582. The molecule has 0 aromatic carbocycles. The van der Waals surface area contributed by atoms with Crippen LogP contribution in [0.4, 0.5) is 0 Å². The van der Waals surface area contributed by atoms with Crippen LogP contribution in [-0.2, 0) is 10.7 Å². The third-order valence-corrected chi connectivity index (χ3v) is 3.38. The average molecular weight is 214 g/mol. The molecule has 0 spiro atoms. The Morgan fingerprint density at radius 1 is 1.21 bits per heavy atom. The summed E-state index contributed by atoms with van der Waals surface area (Å²) in [6, 6.07) is 0. The SMILES string of the molecule is Cc1cnc([C@@H](C)[C@H](C)[SH](=O)=O)nc1. The van der Waals surface area contributed by atoms with Crippen LogP contribution in [0.15, 0.2) is 12.4 Å². The lowest BCUT2D eigenvalue weighted by Gasteiger charge is -2.12. The second-order valence-corrected chi connectivity index (χ2v) is 4.82. The first-order valence-electron chi connectivity index (χ1n) is 4.44. The molecule has 0 saturated carbocycles. The normalized spacial score (nSPS) is 15.4. The van der Waals surface area contributed by atoms with Crippen LogP contribution >= 0.6 is 0 Å². The largest absolute Gasteiger partial charge is 0.241 e. The second kappa shape index (κ2) is 4.50. The van der Waals surface area contributed by atoms with E-state index in [2.05, 4.69) is 9.97 Å². The molecule has 14 heavy (non-hydrogen) atoms. The summed E-state index contributed by atoms with van der Waals surface area (Å²) in [5, 5.41) is -0.423. The molecule has 1 aromatic rings. The van der Waals surface area contributed by atoms with E-state index in [-0.39, 0.29) is 5.92 Å². The van der Waals surface area contributed by atoms with Crippen LogP contribution < -0.4 is 0 Å². The molecular formula is C9H14N2O2S. The maximum absolute atomic E-state index is 10.8. The van der Waals surface area contributed by atoms with Gasteiger partial charge in [0.05, 0.1) is 5.25 Å². The molecule has 0 fully saturated rings. The van der Waals surface area contributed by atoms with Crippen molar-refractivity contribution in [2.75, 3.05) is 0 Å². The predicted molar refractivity (Wildman–Crippen MR) is 55.0 cm³/mol. The molecule has 0 saturated heterocycles. The van der Waals surface area contributed by atoms with E-state index in [1.807, 2.05) is 13.8 Å². The van der Waals surface area contributed by atoms with Crippen LogP contribution in [0.25, 0.3) is 0 Å². The van der Waals surface area contributed by atoms with Gasteiger partial charge in [0, 0.05) is 18.3 Å². The standard InChI is InChI=1S/C9H14N2O2S/c1-6-4-10-9(11-5-6)7(2)8(3)14(12)13/h4-5,7-8,14H,1-3H3/t7-,8-/m0/s1. The first-order valence-corrected chi connectivity index (χ1v) is 5.69. The molecule has 78 valence electrons. The van der Waals surface area contributed by atoms with Crippen molar-refractivity contribution in [2.24, 2.45) is 0 Å². The fraction of sp³-hybridized carbons (Fsp3) is 0.556. The lowest BCUT2D eigenvalue weighted by Crippen LogP contribution is -2.16. The van der Waals surface area contributed by atoms with E-state index in [4.69, 9.17) is 0 Å². The highest BCUT2D eigenvalue weighted by atomic mass is 32.2. The topological polar surface area (TPSA) is 59.9 Å². The molecule has 0 amide bonds. The number of thiol groups is 1. The van der Waals surface area contributed by atoms with Crippen molar-refractivity contribution in [3.63, 3.8) is 0 Å². The molecule has 0 aliphatic carbocycles. The zero-order chi connectivity index (χ0) is 10.7. The van der Waals surface area contributed by atoms with Crippen molar-refractivity contribution < 1.29 is 8.42 Å². The summed E-state index contributed by atoms with van der Waals surface area (Å²) in [6.07, 6.45) is 3.40. The molecule has 0 unspecified atom stereocenters. The van der Waals surface area contributed by atoms with Crippen molar-refractivity contribution in [3.8, 4) is 0 Å². The number of nitrogens with zero attached hydrogens (tertiary/aromatic N) is 2. The number of hydrogen-bond donors (Lipinski definition) is 1. The van der Waals surface area contributed by atoms with E-state index in [9.17, 15) is 8.42 Å². The number of aryl methyl sites for hydroxylation is 1. The van der Waals surface area contributed by atoms with Gasteiger partial charge in [-0.15, -0.1) is 0 Å². The molecule has 0 N–H and O–H groups in total. The minimum atomic E-state index is -2.41. The van der Waals surface area contributed by atoms with E-state index < -0.39 is 16.0 Å². The smallest absolute Gasteiger partial charge is 0.143 e. The van der Waals surface area contributed by atoms with Gasteiger partial charge in [-0.3, -0.25) is 0 Å². The Balaban J connectivity index is 2.89. The maximum Gasteiger partial charge on any atom is 0.143 e. The Morgan fingerprint density at radius 2 is 1.71 bits per heavy atom. The molecule has 0 radical (unpaired) electrons. The molecule has 1 heterocycles. The highest BCUT2D eigenvalue weighted by Crippen LogP contribution is 2.16. The molecular weight excluding hydrogens is 200 g/mol. The van der Waals surface area contributed by atoms with Crippen LogP contribution in [0.1, 0.15) is 31.2 Å². The second-order valence-electron chi connectivity index (χ2n) is 3.43. The van der Waals surface area contributed by atoms with Crippen LogP contribution in [0.2, 0.25) is 0 Å².